The van der Waals surface area contributed by atoms with Crippen LogP contribution in [-0.4, -0.2) is 81.6 Å². The summed E-state index contributed by atoms with van der Waals surface area (Å²) in [6.45, 7) is 8.19. The van der Waals surface area contributed by atoms with Gasteiger partial charge >= 0.3 is 0 Å². The van der Waals surface area contributed by atoms with Gasteiger partial charge in [-0.15, -0.1) is 0 Å². The summed E-state index contributed by atoms with van der Waals surface area (Å²) in [6, 6.07) is 1.74. The second-order valence-electron chi connectivity index (χ2n) is 9.92. The highest BCUT2D eigenvalue weighted by Gasteiger charge is 2.48. The Labute approximate surface area is 196 Å². The highest BCUT2D eigenvalue weighted by molar-refractivity contribution is 6.01. The number of fused-ring (bicyclic) bond motifs is 1. The van der Waals surface area contributed by atoms with Gasteiger partial charge in [0.2, 0.25) is 5.91 Å². The topological polar surface area (TPSA) is 99.6 Å². The van der Waals surface area contributed by atoms with E-state index in [9.17, 15) is 14.4 Å². The van der Waals surface area contributed by atoms with Gasteiger partial charge in [0.15, 0.2) is 5.69 Å². The van der Waals surface area contributed by atoms with Crippen LogP contribution in [0, 0.1) is 0 Å². The zero-order valence-corrected chi connectivity index (χ0v) is 20.1. The second-order valence-corrected chi connectivity index (χ2v) is 9.92. The summed E-state index contributed by atoms with van der Waals surface area (Å²) >= 11 is 0. The first kappa shape index (κ1) is 23.7. The summed E-state index contributed by atoms with van der Waals surface area (Å²) in [5.41, 5.74) is -0.422. The Bertz CT molecular complexity index is 872. The van der Waals surface area contributed by atoms with Gasteiger partial charge in [-0.3, -0.25) is 19.1 Å². The van der Waals surface area contributed by atoms with E-state index in [-0.39, 0.29) is 36.0 Å². The minimum absolute atomic E-state index is 0.128. The molecule has 1 saturated carbocycles. The molecule has 3 aliphatic rings. The van der Waals surface area contributed by atoms with E-state index in [1.165, 1.54) is 12.8 Å². The van der Waals surface area contributed by atoms with Crippen molar-refractivity contribution in [2.45, 2.75) is 83.3 Å². The molecule has 9 heteroatoms. The predicted octanol–water partition coefficient (Wildman–Crippen LogP) is 1.78. The summed E-state index contributed by atoms with van der Waals surface area (Å²) in [4.78, 5) is 43.6. The molecule has 0 radical (unpaired) electrons. The summed E-state index contributed by atoms with van der Waals surface area (Å²) < 4.78 is 1.55. The molecular formula is C24H38N6O3. The molecule has 1 atom stereocenters. The lowest BCUT2D eigenvalue weighted by atomic mass is 9.94. The molecule has 9 nitrogen and oxygen atoms in total. The largest absolute Gasteiger partial charge is 0.351 e. The van der Waals surface area contributed by atoms with E-state index in [2.05, 4.69) is 27.6 Å². The molecule has 0 aromatic carbocycles. The molecule has 182 valence electrons. The van der Waals surface area contributed by atoms with Gasteiger partial charge in [-0.1, -0.05) is 26.2 Å². The third-order valence-electron chi connectivity index (χ3n) is 7.36. The van der Waals surface area contributed by atoms with E-state index >= 15 is 0 Å². The summed E-state index contributed by atoms with van der Waals surface area (Å²) in [6.07, 6.45) is 8.39. The van der Waals surface area contributed by atoms with Gasteiger partial charge in [-0.2, -0.15) is 5.10 Å². The maximum atomic E-state index is 13.5. The number of rotatable bonds is 9. The van der Waals surface area contributed by atoms with Crippen LogP contribution in [0.5, 0.6) is 0 Å². The standard InChI is InChI=1S/C24H38N6O3/c1-3-4-14-29-22(32)20-16-19(21(31)25-11-15-28-12-7-8-13-28)27-30(20)17-24(29,2)23(33)26-18-9-5-6-10-18/h16,18H,3-15,17H2,1-2H3,(H,25,31)(H,26,33). The molecule has 0 bridgehead atoms. The Morgan fingerprint density at radius 1 is 1.15 bits per heavy atom. The molecule has 2 aliphatic heterocycles. The molecule has 4 rings (SSSR count). The van der Waals surface area contributed by atoms with Crippen molar-refractivity contribution in [2.24, 2.45) is 0 Å². The smallest absolute Gasteiger partial charge is 0.273 e. The van der Waals surface area contributed by atoms with E-state index < -0.39 is 5.54 Å². The van der Waals surface area contributed by atoms with Crippen LogP contribution in [0.1, 0.15) is 86.2 Å². The number of carbonyl (C=O) groups is 3. The number of nitrogens with one attached hydrogen (secondary N) is 2. The van der Waals surface area contributed by atoms with E-state index in [1.807, 2.05) is 6.92 Å². The Morgan fingerprint density at radius 3 is 2.58 bits per heavy atom. The normalized spacial score (nSPS) is 23.7. The van der Waals surface area contributed by atoms with Crippen LogP contribution in [0.25, 0.3) is 0 Å². The van der Waals surface area contributed by atoms with Gasteiger partial charge in [0, 0.05) is 31.7 Å². The van der Waals surface area contributed by atoms with Crippen LogP contribution >= 0.6 is 0 Å². The van der Waals surface area contributed by atoms with Crippen molar-refractivity contribution in [1.82, 2.24) is 30.2 Å². The number of unbranched alkanes of at least 4 members (excludes halogenated alkanes) is 1. The molecule has 3 amide bonds. The quantitative estimate of drug-likeness (QED) is 0.588. The zero-order valence-electron chi connectivity index (χ0n) is 20.1. The van der Waals surface area contributed by atoms with Gasteiger partial charge in [0.1, 0.15) is 11.2 Å². The first-order valence-electron chi connectivity index (χ1n) is 12.6. The van der Waals surface area contributed by atoms with E-state index in [0.717, 1.165) is 58.2 Å². The van der Waals surface area contributed by atoms with Crippen molar-refractivity contribution in [3.05, 3.63) is 17.5 Å². The van der Waals surface area contributed by atoms with Gasteiger partial charge < -0.3 is 20.4 Å². The maximum absolute atomic E-state index is 13.5. The van der Waals surface area contributed by atoms with Gasteiger partial charge in [-0.25, -0.2) is 0 Å². The predicted molar refractivity (Wildman–Crippen MR) is 125 cm³/mol. The van der Waals surface area contributed by atoms with Crippen LogP contribution in [0.3, 0.4) is 0 Å². The van der Waals surface area contributed by atoms with Crippen molar-refractivity contribution in [3.63, 3.8) is 0 Å². The van der Waals surface area contributed by atoms with Gasteiger partial charge in [0.05, 0.1) is 6.54 Å². The third-order valence-corrected chi connectivity index (χ3v) is 7.36. The van der Waals surface area contributed by atoms with Crippen LogP contribution in [-0.2, 0) is 11.3 Å². The molecular weight excluding hydrogens is 420 g/mol. The van der Waals surface area contributed by atoms with Crippen LogP contribution in [0.2, 0.25) is 0 Å². The Hall–Kier alpha value is -2.42. The third kappa shape index (κ3) is 5.08. The highest BCUT2D eigenvalue weighted by atomic mass is 16.2. The fourth-order valence-corrected chi connectivity index (χ4v) is 5.25. The molecule has 0 spiro atoms. The van der Waals surface area contributed by atoms with Gasteiger partial charge in [-0.05, 0) is 52.1 Å². The molecule has 2 fully saturated rings. The van der Waals surface area contributed by atoms with Crippen molar-refractivity contribution in [1.29, 1.82) is 0 Å². The minimum atomic E-state index is -1.03. The summed E-state index contributed by atoms with van der Waals surface area (Å²) in [5, 5.41) is 10.5. The Morgan fingerprint density at radius 2 is 1.88 bits per heavy atom. The lowest BCUT2D eigenvalue weighted by Gasteiger charge is -2.43. The number of nitrogens with zero attached hydrogens (tertiary/aromatic N) is 4. The van der Waals surface area contributed by atoms with Crippen molar-refractivity contribution < 1.29 is 14.4 Å². The van der Waals surface area contributed by atoms with Crippen molar-refractivity contribution in [2.75, 3.05) is 32.7 Å². The number of hydrogen-bond acceptors (Lipinski definition) is 5. The summed E-state index contributed by atoms with van der Waals surface area (Å²) in [7, 11) is 0. The lowest BCUT2D eigenvalue weighted by molar-refractivity contribution is -0.133. The van der Waals surface area contributed by atoms with Crippen LogP contribution in [0.15, 0.2) is 6.07 Å². The minimum Gasteiger partial charge on any atom is -0.351 e. The van der Waals surface area contributed by atoms with Crippen LogP contribution < -0.4 is 10.6 Å². The fraction of sp³-hybridized carbons (Fsp3) is 0.750. The molecule has 1 unspecified atom stereocenters. The average Bonchev–Trinajstić information content (AvgIpc) is 3.55. The number of carbonyl (C=O) groups excluding carboxylic acids is 3. The summed E-state index contributed by atoms with van der Waals surface area (Å²) in [5.74, 6) is -0.639. The zero-order chi connectivity index (χ0) is 23.4. The van der Waals surface area contributed by atoms with E-state index in [1.54, 1.807) is 15.6 Å². The first-order valence-corrected chi connectivity index (χ1v) is 12.6. The second kappa shape index (κ2) is 10.2. The van der Waals surface area contributed by atoms with E-state index in [4.69, 9.17) is 0 Å². The lowest BCUT2D eigenvalue weighted by Crippen LogP contribution is -2.65. The number of amides is 3. The monoisotopic (exact) mass is 458 g/mol. The Kier molecular flexibility index (Phi) is 7.36. The molecule has 1 aromatic heterocycles. The first-order chi connectivity index (χ1) is 15.9. The SMILES string of the molecule is CCCCN1C(=O)c2cc(C(=O)NCCN3CCCC3)nn2CC1(C)C(=O)NC1CCCC1. The van der Waals surface area contributed by atoms with Gasteiger partial charge in [0.25, 0.3) is 11.8 Å². The maximum Gasteiger partial charge on any atom is 0.273 e. The average molecular weight is 459 g/mol. The van der Waals surface area contributed by atoms with Crippen LogP contribution in [0.4, 0.5) is 0 Å². The van der Waals surface area contributed by atoms with E-state index in [0.29, 0.717) is 18.8 Å². The van der Waals surface area contributed by atoms with Crippen molar-refractivity contribution in [3.8, 4) is 0 Å². The molecule has 1 aliphatic carbocycles. The number of hydrogen-bond donors (Lipinski definition) is 2. The molecule has 33 heavy (non-hydrogen) atoms. The molecule has 1 aromatic rings. The highest BCUT2D eigenvalue weighted by Crippen LogP contribution is 2.29. The van der Waals surface area contributed by atoms with Crippen molar-refractivity contribution >= 4 is 17.7 Å². The fourth-order valence-electron chi connectivity index (χ4n) is 5.25. The number of aromatic nitrogens is 2. The molecule has 2 N–H and O–H groups in total. The molecule has 3 heterocycles. The Balaban J connectivity index is 1.48. The molecule has 1 saturated heterocycles. The number of likely N-dealkylation sites (tertiary alicyclic amines) is 1.